The summed E-state index contributed by atoms with van der Waals surface area (Å²) in [6.45, 7) is 0.615. The molecule has 33 heavy (non-hydrogen) atoms. The lowest BCUT2D eigenvalue weighted by atomic mass is 10.1. The number of carboxylic acids is 1. The van der Waals surface area contributed by atoms with Crippen LogP contribution in [0.4, 0.5) is 13.2 Å². The molecule has 2 N–H and O–H groups in total. The number of halogens is 3. The van der Waals surface area contributed by atoms with Crippen LogP contribution in [-0.2, 0) is 24.1 Å². The zero-order valence-electron chi connectivity index (χ0n) is 17.5. The molecule has 8 heteroatoms. The molecule has 1 aliphatic carbocycles. The molecule has 1 heterocycles. The van der Waals surface area contributed by atoms with Crippen LogP contribution in [0.2, 0.25) is 0 Å². The maximum absolute atomic E-state index is 13.5. The zero-order valence-corrected chi connectivity index (χ0v) is 18.3. The van der Waals surface area contributed by atoms with Gasteiger partial charge in [0.15, 0.2) is 0 Å². The van der Waals surface area contributed by atoms with Crippen LogP contribution >= 0.6 is 11.3 Å². The SMILES string of the molecule is O=C(O)[C@H]1C=C[C@@H](NCc2ccc(OCc3cc(-c4ccccc4)c(C(F)(F)F)s3)cc2)C1. The highest BCUT2D eigenvalue weighted by molar-refractivity contribution is 7.12. The van der Waals surface area contributed by atoms with Crippen LogP contribution in [0.25, 0.3) is 11.1 Å². The van der Waals surface area contributed by atoms with Crippen molar-refractivity contribution in [2.45, 2.75) is 31.8 Å². The molecule has 4 nitrogen and oxygen atoms in total. The summed E-state index contributed by atoms with van der Waals surface area (Å²) in [5.74, 6) is -0.703. The van der Waals surface area contributed by atoms with E-state index in [1.165, 1.54) is 0 Å². The van der Waals surface area contributed by atoms with Crippen LogP contribution < -0.4 is 10.1 Å². The molecule has 2 aromatic carbocycles. The molecule has 0 aliphatic heterocycles. The second kappa shape index (κ2) is 9.80. The van der Waals surface area contributed by atoms with E-state index >= 15 is 0 Å². The Morgan fingerprint density at radius 3 is 2.45 bits per heavy atom. The maximum Gasteiger partial charge on any atom is 0.426 e. The van der Waals surface area contributed by atoms with E-state index in [0.717, 1.165) is 5.56 Å². The van der Waals surface area contributed by atoms with Gasteiger partial charge in [-0.05, 0) is 35.7 Å². The Bertz CT molecular complexity index is 1120. The van der Waals surface area contributed by atoms with Gasteiger partial charge in [-0.1, -0.05) is 54.6 Å². The van der Waals surface area contributed by atoms with Gasteiger partial charge in [-0.25, -0.2) is 0 Å². The first-order chi connectivity index (χ1) is 15.8. The second-order valence-corrected chi connectivity index (χ2v) is 8.94. The lowest BCUT2D eigenvalue weighted by Gasteiger charge is -2.12. The van der Waals surface area contributed by atoms with Crippen LogP contribution in [0.5, 0.6) is 5.75 Å². The van der Waals surface area contributed by atoms with Gasteiger partial charge in [-0.2, -0.15) is 13.2 Å². The van der Waals surface area contributed by atoms with Gasteiger partial charge < -0.3 is 15.2 Å². The lowest BCUT2D eigenvalue weighted by Crippen LogP contribution is -2.26. The number of nitrogens with one attached hydrogen (secondary N) is 1. The fourth-order valence-corrected chi connectivity index (χ4v) is 4.66. The van der Waals surface area contributed by atoms with Crippen molar-refractivity contribution in [2.75, 3.05) is 0 Å². The summed E-state index contributed by atoms with van der Waals surface area (Å²) in [5, 5.41) is 12.3. The van der Waals surface area contributed by atoms with Gasteiger partial charge >= 0.3 is 12.1 Å². The molecular weight excluding hydrogens is 451 g/mol. The number of hydrogen-bond donors (Lipinski definition) is 2. The highest BCUT2D eigenvalue weighted by atomic mass is 32.1. The number of hydrogen-bond acceptors (Lipinski definition) is 4. The largest absolute Gasteiger partial charge is 0.488 e. The van der Waals surface area contributed by atoms with Crippen molar-refractivity contribution < 1.29 is 27.8 Å². The highest BCUT2D eigenvalue weighted by Crippen LogP contribution is 2.43. The first-order valence-corrected chi connectivity index (χ1v) is 11.2. The van der Waals surface area contributed by atoms with E-state index in [1.807, 2.05) is 18.2 Å². The standard InChI is InChI=1S/C25H22F3NO3S/c26-25(27,28)23-22(17-4-2-1-3-5-17)13-21(33-23)15-32-20-10-6-16(7-11-20)14-29-19-9-8-18(12-19)24(30)31/h1-11,13,18-19,29H,12,14-15H2,(H,30,31)/t18-,19+/m0/s1. The summed E-state index contributed by atoms with van der Waals surface area (Å²) in [4.78, 5) is 10.9. The number of rotatable bonds is 8. The summed E-state index contributed by atoms with van der Waals surface area (Å²) < 4.78 is 46.3. The third kappa shape index (κ3) is 5.83. The van der Waals surface area contributed by atoms with E-state index in [4.69, 9.17) is 9.84 Å². The van der Waals surface area contributed by atoms with Crippen molar-refractivity contribution in [2.24, 2.45) is 5.92 Å². The van der Waals surface area contributed by atoms with Crippen LogP contribution in [0.1, 0.15) is 21.7 Å². The van der Waals surface area contributed by atoms with Crippen molar-refractivity contribution >= 4 is 17.3 Å². The number of thiophene rings is 1. The summed E-state index contributed by atoms with van der Waals surface area (Å²) >= 11 is 0.700. The molecule has 0 fully saturated rings. The third-order valence-electron chi connectivity index (χ3n) is 5.40. The van der Waals surface area contributed by atoms with Gasteiger partial charge in [0, 0.05) is 23.0 Å². The molecule has 0 radical (unpaired) electrons. The van der Waals surface area contributed by atoms with Gasteiger partial charge in [-0.15, -0.1) is 11.3 Å². The zero-order chi connectivity index (χ0) is 23.4. The minimum atomic E-state index is -4.43. The van der Waals surface area contributed by atoms with Crippen LogP contribution in [0.15, 0.2) is 72.8 Å². The van der Waals surface area contributed by atoms with Crippen molar-refractivity contribution in [1.29, 1.82) is 0 Å². The quantitative estimate of drug-likeness (QED) is 0.387. The van der Waals surface area contributed by atoms with Gasteiger partial charge in [0.05, 0.1) is 5.92 Å². The molecule has 0 unspecified atom stereocenters. The summed E-state index contributed by atoms with van der Waals surface area (Å²) in [6.07, 6.45) is -0.324. The Labute approximate surface area is 193 Å². The molecule has 3 aromatic rings. The van der Waals surface area contributed by atoms with Crippen molar-refractivity contribution in [1.82, 2.24) is 5.32 Å². The van der Waals surface area contributed by atoms with E-state index in [0.29, 0.717) is 40.5 Å². The van der Waals surface area contributed by atoms with Crippen molar-refractivity contribution in [3.8, 4) is 16.9 Å². The Morgan fingerprint density at radius 2 is 1.82 bits per heavy atom. The minimum absolute atomic E-state index is 0.0162. The molecule has 0 spiro atoms. The van der Waals surface area contributed by atoms with Crippen molar-refractivity contribution in [3.05, 3.63) is 88.1 Å². The van der Waals surface area contributed by atoms with E-state index in [2.05, 4.69) is 5.32 Å². The average molecular weight is 474 g/mol. The first-order valence-electron chi connectivity index (χ1n) is 10.4. The molecule has 172 valence electrons. The number of benzene rings is 2. The number of carbonyl (C=O) groups is 1. The fraction of sp³-hybridized carbons (Fsp3) is 0.240. The molecule has 1 aromatic heterocycles. The smallest absolute Gasteiger partial charge is 0.426 e. The predicted octanol–water partition coefficient (Wildman–Crippen LogP) is 6.13. The van der Waals surface area contributed by atoms with Gasteiger partial charge in [0.1, 0.15) is 17.2 Å². The molecule has 0 saturated heterocycles. The molecule has 2 atom stereocenters. The summed E-state index contributed by atoms with van der Waals surface area (Å²) in [5.41, 5.74) is 1.69. The Balaban J connectivity index is 1.35. The van der Waals surface area contributed by atoms with Crippen molar-refractivity contribution in [3.63, 3.8) is 0 Å². The molecule has 4 rings (SSSR count). The van der Waals surface area contributed by atoms with Crippen LogP contribution in [0.3, 0.4) is 0 Å². The molecule has 0 saturated carbocycles. The third-order valence-corrected chi connectivity index (χ3v) is 6.55. The number of ether oxygens (including phenoxy) is 1. The lowest BCUT2D eigenvalue weighted by molar-refractivity contribution is -0.140. The highest BCUT2D eigenvalue weighted by Gasteiger charge is 2.36. The minimum Gasteiger partial charge on any atom is -0.488 e. The van der Waals surface area contributed by atoms with E-state index in [-0.39, 0.29) is 18.2 Å². The summed E-state index contributed by atoms with van der Waals surface area (Å²) in [7, 11) is 0. The number of carboxylic acid groups (broad SMARTS) is 1. The average Bonchev–Trinajstić information content (AvgIpc) is 3.45. The fourth-order valence-electron chi connectivity index (χ4n) is 3.70. The molecular formula is C25H22F3NO3S. The predicted molar refractivity (Wildman–Crippen MR) is 121 cm³/mol. The number of alkyl halides is 3. The van der Waals surface area contributed by atoms with Gasteiger partial charge in [0.2, 0.25) is 0 Å². The molecule has 0 amide bonds. The van der Waals surface area contributed by atoms with Crippen LogP contribution in [0, 0.1) is 5.92 Å². The Hall–Kier alpha value is -3.10. The van der Waals surface area contributed by atoms with Gasteiger partial charge in [0.25, 0.3) is 0 Å². The monoisotopic (exact) mass is 473 g/mol. The van der Waals surface area contributed by atoms with E-state index < -0.39 is 22.9 Å². The Kier molecular flexibility index (Phi) is 6.85. The normalized spacial score (nSPS) is 17.9. The van der Waals surface area contributed by atoms with E-state index in [9.17, 15) is 18.0 Å². The summed E-state index contributed by atoms with van der Waals surface area (Å²) in [6, 6.07) is 17.4. The van der Waals surface area contributed by atoms with E-state index in [1.54, 1.807) is 54.6 Å². The topological polar surface area (TPSA) is 58.6 Å². The second-order valence-electron chi connectivity index (χ2n) is 7.80. The van der Waals surface area contributed by atoms with Crippen LogP contribution in [-0.4, -0.2) is 17.1 Å². The molecule has 0 bridgehead atoms. The molecule has 1 aliphatic rings. The first kappa shape index (κ1) is 23.1. The number of aliphatic carboxylic acids is 1. The Morgan fingerprint density at radius 1 is 1.09 bits per heavy atom. The van der Waals surface area contributed by atoms with Gasteiger partial charge in [-0.3, -0.25) is 4.79 Å². The maximum atomic E-state index is 13.5.